The van der Waals surface area contributed by atoms with Gasteiger partial charge in [-0.05, 0) is 48.4 Å². The van der Waals surface area contributed by atoms with E-state index in [0.717, 1.165) is 0 Å². The molecule has 44 heavy (non-hydrogen) atoms. The minimum Gasteiger partial charge on any atom is -0.508 e. The second-order valence-corrected chi connectivity index (χ2v) is 12.1. The average Bonchev–Trinajstić information content (AvgIpc) is 3.32. The standard InChI is InChI=1S/C32H33ClF3N5O3/c1-18-16-41(19(2)15-40(18)20(3)42)30-25-14-26(33)27(24-13-22(43)12-21-6-4-5-7-23(21)24)28(34)29(25)37-31(38-30)44-11-10-39-9-8-32(35,36)17-39/h4-7,12-14,18-19,43H,8-11,15-17H2,1-3H3/t18-,19+/m1/s1. The Hall–Kier alpha value is -3.83. The van der Waals surface area contributed by atoms with Gasteiger partial charge in [-0.3, -0.25) is 9.69 Å². The zero-order valence-electron chi connectivity index (χ0n) is 24.7. The van der Waals surface area contributed by atoms with Crippen molar-refractivity contribution < 1.29 is 27.8 Å². The van der Waals surface area contributed by atoms with Crippen molar-refractivity contribution in [1.82, 2.24) is 19.8 Å². The van der Waals surface area contributed by atoms with Crippen molar-refractivity contribution in [3.05, 3.63) is 53.3 Å². The number of rotatable bonds is 6. The molecule has 0 bridgehead atoms. The van der Waals surface area contributed by atoms with Crippen molar-refractivity contribution in [3.8, 4) is 22.9 Å². The predicted octanol–water partition coefficient (Wildman–Crippen LogP) is 6.11. The van der Waals surface area contributed by atoms with E-state index < -0.39 is 11.7 Å². The number of benzene rings is 3. The van der Waals surface area contributed by atoms with Crippen LogP contribution in [0, 0.1) is 5.82 Å². The van der Waals surface area contributed by atoms with Crippen LogP contribution in [0.1, 0.15) is 27.2 Å². The van der Waals surface area contributed by atoms with E-state index in [-0.39, 0.29) is 78.5 Å². The third-order valence-electron chi connectivity index (χ3n) is 8.51. The summed E-state index contributed by atoms with van der Waals surface area (Å²) >= 11 is 6.81. The lowest BCUT2D eigenvalue weighted by atomic mass is 9.96. The first-order chi connectivity index (χ1) is 20.9. The number of carbonyl (C=O) groups excluding carboxylic acids is 1. The molecule has 2 saturated heterocycles. The molecule has 8 nitrogen and oxygen atoms in total. The van der Waals surface area contributed by atoms with E-state index >= 15 is 4.39 Å². The highest BCUT2D eigenvalue weighted by molar-refractivity contribution is 6.35. The molecule has 3 heterocycles. The number of nitrogens with zero attached hydrogens (tertiary/aromatic N) is 5. The normalized spacial score (nSPS) is 20.5. The first kappa shape index (κ1) is 30.2. The lowest BCUT2D eigenvalue weighted by Gasteiger charge is -2.44. The SMILES string of the molecule is CC(=O)N1C[C@H](C)N(c2nc(OCCN3CCC(F)(F)C3)nc3c(F)c(-c4cc(O)cc5ccccc45)c(Cl)cc23)C[C@H]1C. The van der Waals surface area contributed by atoms with Crippen molar-refractivity contribution in [3.63, 3.8) is 0 Å². The second kappa shape index (κ2) is 11.6. The second-order valence-electron chi connectivity index (χ2n) is 11.7. The molecule has 1 amide bonds. The topological polar surface area (TPSA) is 82.0 Å². The Bertz CT molecular complexity index is 1760. The third kappa shape index (κ3) is 5.70. The van der Waals surface area contributed by atoms with E-state index in [1.807, 2.05) is 43.0 Å². The van der Waals surface area contributed by atoms with Crippen molar-refractivity contribution in [2.45, 2.75) is 45.2 Å². The number of piperazine rings is 1. The summed E-state index contributed by atoms with van der Waals surface area (Å²) in [6.45, 7) is 6.46. The van der Waals surface area contributed by atoms with Gasteiger partial charge in [0, 0.05) is 62.6 Å². The fourth-order valence-corrected chi connectivity index (χ4v) is 6.61. The van der Waals surface area contributed by atoms with Gasteiger partial charge >= 0.3 is 6.01 Å². The monoisotopic (exact) mass is 627 g/mol. The number of ether oxygens (including phenoxy) is 1. The Kier molecular flexibility index (Phi) is 7.96. The van der Waals surface area contributed by atoms with Gasteiger partial charge in [0.2, 0.25) is 5.91 Å². The van der Waals surface area contributed by atoms with Gasteiger partial charge in [0.25, 0.3) is 5.92 Å². The number of phenolic OH excluding ortho intramolecular Hbond substituents is 1. The number of phenols is 1. The molecular formula is C32H33ClF3N5O3. The smallest absolute Gasteiger partial charge is 0.319 e. The van der Waals surface area contributed by atoms with Gasteiger partial charge in [0.05, 0.1) is 11.6 Å². The fraction of sp³-hybridized carbons (Fsp3) is 0.406. The van der Waals surface area contributed by atoms with Crippen LogP contribution >= 0.6 is 11.6 Å². The molecule has 6 rings (SSSR count). The lowest BCUT2D eigenvalue weighted by molar-refractivity contribution is -0.131. The van der Waals surface area contributed by atoms with E-state index in [0.29, 0.717) is 40.6 Å². The van der Waals surface area contributed by atoms with Crippen molar-refractivity contribution in [1.29, 1.82) is 0 Å². The number of fused-ring (bicyclic) bond motifs is 2. The molecular weight excluding hydrogens is 595 g/mol. The maximum absolute atomic E-state index is 16.7. The maximum Gasteiger partial charge on any atom is 0.319 e. The fourth-order valence-electron chi connectivity index (χ4n) is 6.32. The van der Waals surface area contributed by atoms with E-state index in [2.05, 4.69) is 9.97 Å². The highest BCUT2D eigenvalue weighted by Gasteiger charge is 2.38. The van der Waals surface area contributed by atoms with Crippen LogP contribution < -0.4 is 9.64 Å². The molecule has 0 spiro atoms. The van der Waals surface area contributed by atoms with Gasteiger partial charge in [-0.15, -0.1) is 0 Å². The van der Waals surface area contributed by atoms with Crippen LogP contribution in [0.3, 0.4) is 0 Å². The molecule has 0 radical (unpaired) electrons. The highest BCUT2D eigenvalue weighted by Crippen LogP contribution is 2.43. The number of aromatic nitrogens is 2. The number of hydrogen-bond acceptors (Lipinski definition) is 7. The average molecular weight is 628 g/mol. The number of alkyl halides is 2. The molecule has 1 aromatic heterocycles. The summed E-state index contributed by atoms with van der Waals surface area (Å²) < 4.78 is 50.0. The minimum atomic E-state index is -2.73. The van der Waals surface area contributed by atoms with Crippen molar-refractivity contribution in [2.75, 3.05) is 44.2 Å². The van der Waals surface area contributed by atoms with Crippen LogP contribution in [-0.2, 0) is 4.79 Å². The van der Waals surface area contributed by atoms with E-state index in [4.69, 9.17) is 16.3 Å². The molecule has 2 aliphatic rings. The number of amides is 1. The summed E-state index contributed by atoms with van der Waals surface area (Å²) in [6.07, 6.45) is -0.204. The minimum absolute atomic E-state index is 0.0293. The van der Waals surface area contributed by atoms with Gasteiger partial charge in [0.15, 0.2) is 5.82 Å². The van der Waals surface area contributed by atoms with Gasteiger partial charge in [-0.2, -0.15) is 9.97 Å². The molecule has 2 atom stereocenters. The third-order valence-corrected chi connectivity index (χ3v) is 8.81. The number of carbonyl (C=O) groups is 1. The van der Waals surface area contributed by atoms with Crippen LogP contribution in [0.4, 0.5) is 19.0 Å². The largest absolute Gasteiger partial charge is 0.508 e. The van der Waals surface area contributed by atoms with Gasteiger partial charge in [-0.25, -0.2) is 13.2 Å². The molecule has 2 fully saturated rings. The Labute approximate surface area is 258 Å². The van der Waals surface area contributed by atoms with Crippen LogP contribution in [-0.4, -0.2) is 88.1 Å². The van der Waals surface area contributed by atoms with Crippen molar-refractivity contribution >= 4 is 45.0 Å². The summed E-state index contributed by atoms with van der Waals surface area (Å²) in [5.41, 5.74) is 0.446. The maximum atomic E-state index is 16.7. The molecule has 0 saturated carbocycles. The van der Waals surface area contributed by atoms with E-state index in [1.54, 1.807) is 21.9 Å². The number of anilines is 1. The molecule has 12 heteroatoms. The van der Waals surface area contributed by atoms with Gasteiger partial charge in [-0.1, -0.05) is 35.9 Å². The summed E-state index contributed by atoms with van der Waals surface area (Å²) in [4.78, 5) is 26.7. The molecule has 3 aromatic carbocycles. The zero-order valence-corrected chi connectivity index (χ0v) is 25.4. The Morgan fingerprint density at radius 3 is 2.61 bits per heavy atom. The Morgan fingerprint density at radius 1 is 1.11 bits per heavy atom. The molecule has 0 unspecified atom stereocenters. The first-order valence-electron chi connectivity index (χ1n) is 14.6. The van der Waals surface area contributed by atoms with E-state index in [1.165, 1.54) is 13.0 Å². The van der Waals surface area contributed by atoms with Crippen LogP contribution in [0.25, 0.3) is 32.8 Å². The summed E-state index contributed by atoms with van der Waals surface area (Å²) in [5.74, 6) is -3.12. The summed E-state index contributed by atoms with van der Waals surface area (Å²) in [7, 11) is 0. The summed E-state index contributed by atoms with van der Waals surface area (Å²) in [5, 5.41) is 12.3. The molecule has 0 aliphatic carbocycles. The zero-order chi connectivity index (χ0) is 31.3. The molecule has 1 N–H and O–H groups in total. The predicted molar refractivity (Wildman–Crippen MR) is 164 cm³/mol. The number of halogens is 4. The number of likely N-dealkylation sites (tertiary alicyclic amines) is 1. The summed E-state index contributed by atoms with van der Waals surface area (Å²) in [6, 6.07) is 11.5. The number of hydrogen-bond donors (Lipinski definition) is 1. The Morgan fingerprint density at radius 2 is 1.89 bits per heavy atom. The molecule has 4 aromatic rings. The van der Waals surface area contributed by atoms with Gasteiger partial charge in [0.1, 0.15) is 23.7 Å². The Balaban J connectivity index is 1.46. The first-order valence-corrected chi connectivity index (χ1v) is 15.0. The number of aromatic hydroxyl groups is 1. The molecule has 2 aliphatic heterocycles. The van der Waals surface area contributed by atoms with Crippen LogP contribution in [0.5, 0.6) is 11.8 Å². The lowest BCUT2D eigenvalue weighted by Crippen LogP contribution is -2.58. The van der Waals surface area contributed by atoms with Crippen LogP contribution in [0.15, 0.2) is 42.5 Å². The van der Waals surface area contributed by atoms with Crippen molar-refractivity contribution in [2.24, 2.45) is 0 Å². The highest BCUT2D eigenvalue weighted by atomic mass is 35.5. The van der Waals surface area contributed by atoms with Gasteiger partial charge < -0.3 is 19.6 Å². The van der Waals surface area contributed by atoms with Crippen LogP contribution in [0.2, 0.25) is 5.02 Å². The molecule has 232 valence electrons. The van der Waals surface area contributed by atoms with E-state index in [9.17, 15) is 18.7 Å². The quantitative estimate of drug-likeness (QED) is 0.276.